The van der Waals surface area contributed by atoms with Crippen LogP contribution >= 0.6 is 0 Å². The highest BCUT2D eigenvalue weighted by Crippen LogP contribution is 2.16. The third kappa shape index (κ3) is 4.68. The molecule has 2 aromatic rings. The lowest BCUT2D eigenvalue weighted by atomic mass is 10.1. The Labute approximate surface area is 143 Å². The number of nitrogens with one attached hydrogen (secondary N) is 2. The van der Waals surface area contributed by atoms with Gasteiger partial charge >= 0.3 is 0 Å². The monoisotopic (exact) mass is 326 g/mol. The predicted molar refractivity (Wildman–Crippen MR) is 95.4 cm³/mol. The lowest BCUT2D eigenvalue weighted by Gasteiger charge is -2.16. The third-order valence-electron chi connectivity index (χ3n) is 4.60. The van der Waals surface area contributed by atoms with Crippen LogP contribution in [0.3, 0.4) is 0 Å². The largest absolute Gasteiger partial charge is 0.351 e. The molecule has 1 heterocycles. The molecule has 1 aliphatic rings. The van der Waals surface area contributed by atoms with E-state index in [0.29, 0.717) is 18.2 Å². The van der Waals surface area contributed by atoms with Gasteiger partial charge in [0.25, 0.3) is 5.91 Å². The van der Waals surface area contributed by atoms with Gasteiger partial charge in [0, 0.05) is 37.1 Å². The lowest BCUT2D eigenvalue weighted by molar-refractivity contribution is 0.0953. The lowest BCUT2D eigenvalue weighted by Crippen LogP contribution is -2.36. The van der Waals surface area contributed by atoms with Crippen molar-refractivity contribution in [3.05, 3.63) is 48.3 Å². The molecular formula is C19H26N4O. The second-order valence-corrected chi connectivity index (χ2v) is 6.40. The molecule has 5 heteroatoms. The SMILES string of the molecule is O=C(NCCNC1CCCCCC1)c1ccc(-n2cccn2)cc1. The van der Waals surface area contributed by atoms with Crippen molar-refractivity contribution in [1.82, 2.24) is 20.4 Å². The van der Waals surface area contributed by atoms with Crippen molar-refractivity contribution in [3.8, 4) is 5.69 Å². The quantitative estimate of drug-likeness (QED) is 0.634. The van der Waals surface area contributed by atoms with Crippen LogP contribution < -0.4 is 10.6 Å². The fourth-order valence-corrected chi connectivity index (χ4v) is 3.22. The Kier molecular flexibility index (Phi) is 6.01. The van der Waals surface area contributed by atoms with Crippen LogP contribution in [0.25, 0.3) is 5.69 Å². The summed E-state index contributed by atoms with van der Waals surface area (Å²) >= 11 is 0. The fraction of sp³-hybridized carbons (Fsp3) is 0.474. The van der Waals surface area contributed by atoms with Crippen LogP contribution in [-0.4, -0.2) is 34.8 Å². The molecular weight excluding hydrogens is 300 g/mol. The molecule has 5 nitrogen and oxygen atoms in total. The molecule has 0 bridgehead atoms. The van der Waals surface area contributed by atoms with E-state index in [9.17, 15) is 4.79 Å². The van der Waals surface area contributed by atoms with Crippen molar-refractivity contribution in [2.75, 3.05) is 13.1 Å². The highest BCUT2D eigenvalue weighted by molar-refractivity contribution is 5.94. The summed E-state index contributed by atoms with van der Waals surface area (Å²) in [5, 5.41) is 10.7. The summed E-state index contributed by atoms with van der Waals surface area (Å²) in [5.41, 5.74) is 1.63. The standard InChI is InChI=1S/C19H26N4O/c24-19(21-14-13-20-17-6-3-1-2-4-7-17)16-8-10-18(11-9-16)23-15-5-12-22-23/h5,8-12,15,17,20H,1-4,6-7,13-14H2,(H,21,24). The Balaban J connectivity index is 1.41. The van der Waals surface area contributed by atoms with E-state index in [-0.39, 0.29) is 5.91 Å². The van der Waals surface area contributed by atoms with E-state index in [0.717, 1.165) is 12.2 Å². The van der Waals surface area contributed by atoms with Crippen LogP contribution in [0, 0.1) is 0 Å². The van der Waals surface area contributed by atoms with E-state index in [2.05, 4.69) is 15.7 Å². The van der Waals surface area contributed by atoms with Gasteiger partial charge in [0.05, 0.1) is 5.69 Å². The molecule has 1 aromatic heterocycles. The van der Waals surface area contributed by atoms with Crippen molar-refractivity contribution >= 4 is 5.91 Å². The first kappa shape index (κ1) is 16.7. The zero-order chi connectivity index (χ0) is 16.6. The van der Waals surface area contributed by atoms with Gasteiger partial charge in [0.1, 0.15) is 0 Å². The maximum Gasteiger partial charge on any atom is 0.251 e. The molecule has 0 unspecified atom stereocenters. The summed E-state index contributed by atoms with van der Waals surface area (Å²) in [7, 11) is 0. The molecule has 0 radical (unpaired) electrons. The minimum Gasteiger partial charge on any atom is -0.351 e. The van der Waals surface area contributed by atoms with Gasteiger partial charge in [-0.15, -0.1) is 0 Å². The van der Waals surface area contributed by atoms with E-state index in [1.165, 1.54) is 38.5 Å². The summed E-state index contributed by atoms with van der Waals surface area (Å²) in [6.07, 6.45) is 11.5. The number of amides is 1. The number of rotatable bonds is 6. The number of benzene rings is 1. The van der Waals surface area contributed by atoms with Crippen molar-refractivity contribution in [3.63, 3.8) is 0 Å². The summed E-state index contributed by atoms with van der Waals surface area (Å²) in [6, 6.07) is 9.99. The average Bonchev–Trinajstić information content (AvgIpc) is 3.03. The van der Waals surface area contributed by atoms with Crippen LogP contribution in [0.15, 0.2) is 42.7 Å². The van der Waals surface area contributed by atoms with Gasteiger partial charge in [-0.25, -0.2) is 4.68 Å². The van der Waals surface area contributed by atoms with E-state index < -0.39 is 0 Å². The number of aromatic nitrogens is 2. The number of hydrogen-bond acceptors (Lipinski definition) is 3. The highest BCUT2D eigenvalue weighted by atomic mass is 16.1. The third-order valence-corrected chi connectivity index (χ3v) is 4.60. The molecule has 128 valence electrons. The van der Waals surface area contributed by atoms with E-state index in [1.807, 2.05) is 36.5 Å². The van der Waals surface area contributed by atoms with Gasteiger partial charge < -0.3 is 10.6 Å². The first-order valence-corrected chi connectivity index (χ1v) is 8.94. The fourth-order valence-electron chi connectivity index (χ4n) is 3.22. The first-order chi connectivity index (χ1) is 11.8. The molecule has 0 saturated heterocycles. The summed E-state index contributed by atoms with van der Waals surface area (Å²) in [4.78, 5) is 12.2. The van der Waals surface area contributed by atoms with Gasteiger partial charge in [-0.05, 0) is 43.2 Å². The number of hydrogen-bond donors (Lipinski definition) is 2. The highest BCUT2D eigenvalue weighted by Gasteiger charge is 2.11. The van der Waals surface area contributed by atoms with Crippen LogP contribution in [0.2, 0.25) is 0 Å². The van der Waals surface area contributed by atoms with Gasteiger partial charge in [0.2, 0.25) is 0 Å². The topological polar surface area (TPSA) is 59.0 Å². The molecule has 1 aromatic carbocycles. The second-order valence-electron chi connectivity index (χ2n) is 6.40. The van der Waals surface area contributed by atoms with Gasteiger partial charge in [-0.1, -0.05) is 25.7 Å². The number of carbonyl (C=O) groups excluding carboxylic acids is 1. The Hall–Kier alpha value is -2.14. The van der Waals surface area contributed by atoms with E-state index in [1.54, 1.807) is 10.9 Å². The molecule has 1 saturated carbocycles. The van der Waals surface area contributed by atoms with Gasteiger partial charge in [-0.2, -0.15) is 5.10 Å². The van der Waals surface area contributed by atoms with Crippen LogP contribution in [0.5, 0.6) is 0 Å². The number of nitrogens with zero attached hydrogens (tertiary/aromatic N) is 2. The Bertz CT molecular complexity index is 613. The van der Waals surface area contributed by atoms with Crippen LogP contribution in [0.4, 0.5) is 0 Å². The molecule has 1 fully saturated rings. The Morgan fingerprint density at radius 1 is 1.08 bits per heavy atom. The van der Waals surface area contributed by atoms with E-state index in [4.69, 9.17) is 0 Å². The van der Waals surface area contributed by atoms with Crippen molar-refractivity contribution in [2.24, 2.45) is 0 Å². The molecule has 0 aliphatic heterocycles. The first-order valence-electron chi connectivity index (χ1n) is 8.94. The molecule has 1 aliphatic carbocycles. The Morgan fingerprint density at radius 3 is 2.50 bits per heavy atom. The van der Waals surface area contributed by atoms with Gasteiger partial charge in [0.15, 0.2) is 0 Å². The molecule has 0 spiro atoms. The van der Waals surface area contributed by atoms with Crippen LogP contribution in [-0.2, 0) is 0 Å². The van der Waals surface area contributed by atoms with E-state index >= 15 is 0 Å². The van der Waals surface area contributed by atoms with Gasteiger partial charge in [-0.3, -0.25) is 4.79 Å². The minimum absolute atomic E-state index is 0.0234. The second kappa shape index (κ2) is 8.64. The molecule has 0 atom stereocenters. The summed E-state index contributed by atoms with van der Waals surface area (Å²) in [5.74, 6) is -0.0234. The minimum atomic E-state index is -0.0234. The Morgan fingerprint density at radius 2 is 1.83 bits per heavy atom. The van der Waals surface area contributed by atoms with Crippen molar-refractivity contribution in [1.29, 1.82) is 0 Å². The smallest absolute Gasteiger partial charge is 0.251 e. The molecule has 3 rings (SSSR count). The number of carbonyl (C=O) groups is 1. The zero-order valence-electron chi connectivity index (χ0n) is 14.1. The maximum atomic E-state index is 12.2. The van der Waals surface area contributed by atoms with Crippen molar-refractivity contribution < 1.29 is 4.79 Å². The van der Waals surface area contributed by atoms with Crippen LogP contribution in [0.1, 0.15) is 48.9 Å². The summed E-state index contributed by atoms with van der Waals surface area (Å²) < 4.78 is 1.78. The molecule has 2 N–H and O–H groups in total. The predicted octanol–water partition coefficient (Wildman–Crippen LogP) is 2.91. The maximum absolute atomic E-state index is 12.2. The van der Waals surface area contributed by atoms with Crippen molar-refractivity contribution in [2.45, 2.75) is 44.6 Å². The molecule has 1 amide bonds. The normalized spacial score (nSPS) is 15.8. The average molecular weight is 326 g/mol. The molecule has 24 heavy (non-hydrogen) atoms. The summed E-state index contributed by atoms with van der Waals surface area (Å²) in [6.45, 7) is 1.50. The zero-order valence-corrected chi connectivity index (χ0v) is 14.1.